The van der Waals surface area contributed by atoms with Crippen molar-refractivity contribution in [2.75, 3.05) is 57.4 Å². The van der Waals surface area contributed by atoms with E-state index in [1.54, 1.807) is 12.4 Å². The number of carbonyl (C=O) groups is 1. The van der Waals surface area contributed by atoms with Crippen molar-refractivity contribution in [3.63, 3.8) is 0 Å². The largest absolute Gasteiger partial charge is 0.378 e. The lowest BCUT2D eigenvalue weighted by Crippen LogP contribution is -2.52. The van der Waals surface area contributed by atoms with Crippen molar-refractivity contribution < 1.29 is 9.53 Å². The number of fused-ring (bicyclic) bond motifs is 1. The Morgan fingerprint density at radius 1 is 1.03 bits per heavy atom. The molecule has 164 valence electrons. The summed E-state index contributed by atoms with van der Waals surface area (Å²) in [7, 11) is 0. The molecule has 3 fully saturated rings. The summed E-state index contributed by atoms with van der Waals surface area (Å²) in [6.07, 6.45) is 7.31. The van der Waals surface area contributed by atoms with Crippen LogP contribution in [0.3, 0.4) is 0 Å². The third-order valence-electron chi connectivity index (χ3n) is 6.94. The van der Waals surface area contributed by atoms with Crippen molar-refractivity contribution in [1.82, 2.24) is 24.8 Å². The zero-order valence-electron chi connectivity index (χ0n) is 17.9. The Morgan fingerprint density at radius 2 is 1.84 bits per heavy atom. The van der Waals surface area contributed by atoms with Crippen LogP contribution in [0.15, 0.2) is 42.9 Å². The van der Waals surface area contributed by atoms with Crippen molar-refractivity contribution in [3.05, 3.63) is 48.5 Å². The SMILES string of the molecule is O=C(N1CCOCC1)[C@]12CCCN(Cc3ccccn3)C[C@H]1CN(c1ncccn1)C2. The first kappa shape index (κ1) is 20.3. The van der Waals surface area contributed by atoms with Crippen LogP contribution in [-0.4, -0.2) is 83.1 Å². The lowest BCUT2D eigenvalue weighted by atomic mass is 9.73. The van der Waals surface area contributed by atoms with Gasteiger partial charge in [-0.3, -0.25) is 14.7 Å². The van der Waals surface area contributed by atoms with Gasteiger partial charge in [0.1, 0.15) is 0 Å². The number of anilines is 1. The highest BCUT2D eigenvalue weighted by Gasteiger charge is 2.54. The zero-order chi connectivity index (χ0) is 21.1. The summed E-state index contributed by atoms with van der Waals surface area (Å²) in [6.45, 7) is 6.82. The van der Waals surface area contributed by atoms with Gasteiger partial charge >= 0.3 is 0 Å². The van der Waals surface area contributed by atoms with E-state index >= 15 is 0 Å². The number of ether oxygens (including phenoxy) is 1. The number of rotatable bonds is 4. The Hall–Kier alpha value is -2.58. The summed E-state index contributed by atoms with van der Waals surface area (Å²) in [5.41, 5.74) is 0.686. The molecule has 0 radical (unpaired) electrons. The lowest BCUT2D eigenvalue weighted by Gasteiger charge is -2.38. The molecular weight excluding hydrogens is 392 g/mol. The molecule has 3 aliphatic rings. The summed E-state index contributed by atoms with van der Waals surface area (Å²) < 4.78 is 5.51. The van der Waals surface area contributed by atoms with Crippen LogP contribution in [0.2, 0.25) is 0 Å². The minimum Gasteiger partial charge on any atom is -0.378 e. The van der Waals surface area contributed by atoms with Gasteiger partial charge < -0.3 is 14.5 Å². The molecule has 8 heteroatoms. The topological polar surface area (TPSA) is 74.7 Å². The average Bonchev–Trinajstić information content (AvgIpc) is 3.10. The van der Waals surface area contributed by atoms with Crippen LogP contribution in [0.1, 0.15) is 18.5 Å². The van der Waals surface area contributed by atoms with Gasteiger partial charge in [-0.1, -0.05) is 6.07 Å². The van der Waals surface area contributed by atoms with E-state index in [0.717, 1.165) is 50.7 Å². The second kappa shape index (κ2) is 8.88. The smallest absolute Gasteiger partial charge is 0.231 e. The Morgan fingerprint density at radius 3 is 2.61 bits per heavy atom. The Bertz CT molecular complexity index is 876. The standard InChI is InChI=1S/C23H30N6O2/c30-21(28-11-13-31-14-12-28)23-6-3-10-27(17-20-5-1-2-7-24-20)15-19(23)16-29(18-23)22-25-8-4-9-26-22/h1-2,4-5,7-9,19H,3,6,10-18H2/t19-,23-/m0/s1. The van der Waals surface area contributed by atoms with Gasteiger partial charge in [-0.05, 0) is 37.6 Å². The lowest BCUT2D eigenvalue weighted by molar-refractivity contribution is -0.148. The third-order valence-corrected chi connectivity index (χ3v) is 6.94. The Kier molecular flexibility index (Phi) is 5.82. The molecule has 1 amide bonds. The highest BCUT2D eigenvalue weighted by atomic mass is 16.5. The van der Waals surface area contributed by atoms with E-state index in [1.165, 1.54) is 0 Å². The molecule has 0 aliphatic carbocycles. The van der Waals surface area contributed by atoms with Gasteiger partial charge in [-0.15, -0.1) is 0 Å². The summed E-state index contributed by atoms with van der Waals surface area (Å²) in [5.74, 6) is 1.25. The fourth-order valence-electron chi connectivity index (χ4n) is 5.41. The molecule has 8 nitrogen and oxygen atoms in total. The first-order chi connectivity index (χ1) is 15.2. The minimum absolute atomic E-state index is 0.234. The van der Waals surface area contributed by atoms with Crippen LogP contribution in [-0.2, 0) is 16.1 Å². The molecule has 0 unspecified atom stereocenters. The van der Waals surface area contributed by atoms with Gasteiger partial charge in [0, 0.05) is 63.8 Å². The Balaban J connectivity index is 1.41. The van der Waals surface area contributed by atoms with Crippen molar-refractivity contribution >= 4 is 11.9 Å². The van der Waals surface area contributed by atoms with E-state index in [0.29, 0.717) is 38.8 Å². The van der Waals surface area contributed by atoms with Crippen LogP contribution in [0.5, 0.6) is 0 Å². The second-order valence-corrected chi connectivity index (χ2v) is 8.85. The molecule has 2 atom stereocenters. The van der Waals surface area contributed by atoms with E-state index in [4.69, 9.17) is 4.74 Å². The summed E-state index contributed by atoms with van der Waals surface area (Å²) in [5, 5.41) is 0. The van der Waals surface area contributed by atoms with Gasteiger partial charge in [0.15, 0.2) is 0 Å². The van der Waals surface area contributed by atoms with Gasteiger partial charge in [0.2, 0.25) is 11.9 Å². The normalized spacial score (nSPS) is 27.0. The number of hydrogen-bond donors (Lipinski definition) is 0. The molecule has 0 bridgehead atoms. The predicted octanol–water partition coefficient (Wildman–Crippen LogP) is 1.45. The highest BCUT2D eigenvalue weighted by molar-refractivity contribution is 5.85. The fraction of sp³-hybridized carbons (Fsp3) is 0.565. The number of likely N-dealkylation sites (tertiary alicyclic amines) is 1. The molecule has 3 saturated heterocycles. The molecule has 2 aromatic rings. The maximum atomic E-state index is 13.9. The quantitative estimate of drug-likeness (QED) is 0.738. The van der Waals surface area contributed by atoms with E-state index in [-0.39, 0.29) is 5.92 Å². The first-order valence-electron chi connectivity index (χ1n) is 11.3. The number of amides is 1. The van der Waals surface area contributed by atoms with E-state index in [1.807, 2.05) is 29.3 Å². The van der Waals surface area contributed by atoms with Crippen LogP contribution < -0.4 is 4.90 Å². The predicted molar refractivity (Wildman–Crippen MR) is 116 cm³/mol. The molecule has 5 heterocycles. The van der Waals surface area contributed by atoms with E-state index in [9.17, 15) is 4.79 Å². The molecule has 0 spiro atoms. The zero-order valence-corrected chi connectivity index (χ0v) is 17.9. The molecule has 3 aliphatic heterocycles. The first-order valence-corrected chi connectivity index (χ1v) is 11.3. The number of nitrogens with zero attached hydrogens (tertiary/aromatic N) is 6. The van der Waals surface area contributed by atoms with E-state index < -0.39 is 5.41 Å². The minimum atomic E-state index is -0.393. The van der Waals surface area contributed by atoms with Gasteiger partial charge in [0.05, 0.1) is 24.3 Å². The average molecular weight is 423 g/mol. The van der Waals surface area contributed by atoms with Crippen LogP contribution in [0.25, 0.3) is 0 Å². The van der Waals surface area contributed by atoms with Crippen LogP contribution in [0.4, 0.5) is 5.95 Å². The number of carbonyl (C=O) groups excluding carboxylic acids is 1. The molecular formula is C23H30N6O2. The second-order valence-electron chi connectivity index (χ2n) is 8.85. The van der Waals surface area contributed by atoms with Crippen LogP contribution in [0, 0.1) is 11.3 Å². The third kappa shape index (κ3) is 4.14. The van der Waals surface area contributed by atoms with Crippen molar-refractivity contribution in [2.45, 2.75) is 19.4 Å². The van der Waals surface area contributed by atoms with Gasteiger partial charge in [-0.2, -0.15) is 0 Å². The molecule has 0 N–H and O–H groups in total. The molecule has 0 aromatic carbocycles. The van der Waals surface area contributed by atoms with Gasteiger partial charge in [-0.25, -0.2) is 9.97 Å². The molecule has 5 rings (SSSR count). The maximum absolute atomic E-state index is 13.9. The maximum Gasteiger partial charge on any atom is 0.231 e. The Labute approximate surface area is 183 Å². The molecule has 0 saturated carbocycles. The highest BCUT2D eigenvalue weighted by Crippen LogP contribution is 2.45. The number of aromatic nitrogens is 3. The van der Waals surface area contributed by atoms with E-state index in [2.05, 4.69) is 30.8 Å². The van der Waals surface area contributed by atoms with Crippen molar-refractivity contribution in [1.29, 1.82) is 0 Å². The van der Waals surface area contributed by atoms with Gasteiger partial charge in [0.25, 0.3) is 0 Å². The fourth-order valence-corrected chi connectivity index (χ4v) is 5.41. The van der Waals surface area contributed by atoms with Crippen LogP contribution >= 0.6 is 0 Å². The monoisotopic (exact) mass is 422 g/mol. The molecule has 2 aromatic heterocycles. The van der Waals surface area contributed by atoms with Crippen molar-refractivity contribution in [3.8, 4) is 0 Å². The summed E-state index contributed by atoms with van der Waals surface area (Å²) in [6, 6.07) is 7.90. The van der Waals surface area contributed by atoms with Crippen molar-refractivity contribution in [2.24, 2.45) is 11.3 Å². The number of hydrogen-bond acceptors (Lipinski definition) is 7. The number of morpholine rings is 1. The summed E-state index contributed by atoms with van der Waals surface area (Å²) >= 11 is 0. The number of pyridine rings is 1. The summed E-state index contributed by atoms with van der Waals surface area (Å²) in [4.78, 5) is 34.1. The molecule has 31 heavy (non-hydrogen) atoms.